The highest BCUT2D eigenvalue weighted by Crippen LogP contribution is 2.08. The molecule has 4 nitrogen and oxygen atoms in total. The Labute approximate surface area is 64.8 Å². The predicted octanol–water partition coefficient (Wildman–Crippen LogP) is 0.0835. The van der Waals surface area contributed by atoms with Crippen molar-refractivity contribution < 1.29 is 14.7 Å². The first-order chi connectivity index (χ1) is 5.22. The SMILES string of the molecule is O=C(O)C(=O)N1CCCCC1. The van der Waals surface area contributed by atoms with Gasteiger partial charge in [0, 0.05) is 13.1 Å². The van der Waals surface area contributed by atoms with E-state index in [1.54, 1.807) is 0 Å². The number of likely N-dealkylation sites (tertiary alicyclic amines) is 1. The van der Waals surface area contributed by atoms with Crippen LogP contribution in [0.1, 0.15) is 19.3 Å². The summed E-state index contributed by atoms with van der Waals surface area (Å²) < 4.78 is 0. The Kier molecular flexibility index (Phi) is 2.46. The highest BCUT2D eigenvalue weighted by atomic mass is 16.4. The van der Waals surface area contributed by atoms with Gasteiger partial charge in [-0.2, -0.15) is 0 Å². The molecule has 1 heterocycles. The number of carbonyl (C=O) groups is 2. The van der Waals surface area contributed by atoms with E-state index >= 15 is 0 Å². The number of aliphatic carboxylic acids is 1. The molecular weight excluding hydrogens is 146 g/mol. The Bertz CT molecular complexity index is 173. The van der Waals surface area contributed by atoms with Gasteiger partial charge in [0.1, 0.15) is 0 Å². The molecule has 1 N–H and O–H groups in total. The van der Waals surface area contributed by atoms with E-state index in [4.69, 9.17) is 5.11 Å². The van der Waals surface area contributed by atoms with Gasteiger partial charge >= 0.3 is 11.9 Å². The summed E-state index contributed by atoms with van der Waals surface area (Å²) in [5.41, 5.74) is 0. The van der Waals surface area contributed by atoms with Crippen molar-refractivity contribution >= 4 is 11.9 Å². The van der Waals surface area contributed by atoms with E-state index in [1.165, 1.54) is 4.90 Å². The fourth-order valence-electron chi connectivity index (χ4n) is 1.23. The van der Waals surface area contributed by atoms with Gasteiger partial charge in [0.2, 0.25) is 0 Å². The maximum Gasteiger partial charge on any atom is 0.394 e. The summed E-state index contributed by atoms with van der Waals surface area (Å²) >= 11 is 0. The number of carbonyl (C=O) groups excluding carboxylic acids is 1. The van der Waals surface area contributed by atoms with Crippen molar-refractivity contribution in [3.8, 4) is 0 Å². The van der Waals surface area contributed by atoms with Crippen LogP contribution in [0, 0.1) is 0 Å². The van der Waals surface area contributed by atoms with Crippen molar-refractivity contribution in [2.75, 3.05) is 13.1 Å². The molecule has 0 spiro atoms. The Morgan fingerprint density at radius 2 is 1.64 bits per heavy atom. The van der Waals surface area contributed by atoms with Gasteiger partial charge in [0.15, 0.2) is 0 Å². The average Bonchev–Trinajstić information content (AvgIpc) is 2.05. The van der Waals surface area contributed by atoms with Gasteiger partial charge in [-0.25, -0.2) is 4.79 Å². The molecule has 0 aliphatic carbocycles. The van der Waals surface area contributed by atoms with Crippen LogP contribution in [0.5, 0.6) is 0 Å². The number of hydrogen-bond acceptors (Lipinski definition) is 2. The highest BCUT2D eigenvalue weighted by Gasteiger charge is 2.21. The molecule has 0 aromatic heterocycles. The Morgan fingerprint density at radius 1 is 1.09 bits per heavy atom. The first-order valence-corrected chi connectivity index (χ1v) is 3.74. The molecule has 0 radical (unpaired) electrons. The molecule has 11 heavy (non-hydrogen) atoms. The van der Waals surface area contributed by atoms with Crippen molar-refractivity contribution in [1.29, 1.82) is 0 Å². The summed E-state index contributed by atoms with van der Waals surface area (Å²) in [4.78, 5) is 22.4. The van der Waals surface area contributed by atoms with E-state index in [-0.39, 0.29) is 0 Å². The standard InChI is InChI=1S/C7H11NO3/c9-6(7(10)11)8-4-2-1-3-5-8/h1-5H2,(H,10,11). The molecule has 1 aliphatic rings. The fraction of sp³-hybridized carbons (Fsp3) is 0.714. The first-order valence-electron chi connectivity index (χ1n) is 3.74. The lowest BCUT2D eigenvalue weighted by Crippen LogP contribution is -2.39. The first kappa shape index (κ1) is 8.04. The minimum Gasteiger partial charge on any atom is -0.474 e. The maximum atomic E-state index is 10.8. The number of amides is 1. The van der Waals surface area contributed by atoms with Crippen LogP contribution in [-0.4, -0.2) is 35.0 Å². The minimum atomic E-state index is -1.34. The number of piperidine rings is 1. The minimum absolute atomic E-state index is 0.602. The summed E-state index contributed by atoms with van der Waals surface area (Å²) in [5, 5.41) is 8.34. The van der Waals surface area contributed by atoms with Crippen LogP contribution >= 0.6 is 0 Å². The smallest absolute Gasteiger partial charge is 0.394 e. The molecule has 0 atom stereocenters. The van der Waals surface area contributed by atoms with Crippen molar-refractivity contribution in [1.82, 2.24) is 4.90 Å². The number of nitrogens with zero attached hydrogens (tertiary/aromatic N) is 1. The van der Waals surface area contributed by atoms with E-state index in [0.29, 0.717) is 13.1 Å². The molecule has 0 unspecified atom stereocenters. The monoisotopic (exact) mass is 157 g/mol. The summed E-state index contributed by atoms with van der Waals surface area (Å²) in [6.45, 7) is 1.20. The third kappa shape index (κ3) is 1.93. The zero-order valence-corrected chi connectivity index (χ0v) is 6.25. The molecule has 62 valence electrons. The lowest BCUT2D eigenvalue weighted by molar-refractivity contribution is -0.156. The molecule has 1 amide bonds. The molecule has 1 aliphatic heterocycles. The number of carboxylic acids is 1. The van der Waals surface area contributed by atoms with Crippen LogP contribution < -0.4 is 0 Å². The van der Waals surface area contributed by atoms with E-state index in [9.17, 15) is 9.59 Å². The second-order valence-corrected chi connectivity index (χ2v) is 2.66. The molecule has 1 rings (SSSR count). The second-order valence-electron chi connectivity index (χ2n) is 2.66. The molecule has 1 saturated heterocycles. The topological polar surface area (TPSA) is 57.6 Å². The molecule has 4 heteroatoms. The quantitative estimate of drug-likeness (QED) is 0.507. The van der Waals surface area contributed by atoms with Crippen molar-refractivity contribution in [3.63, 3.8) is 0 Å². The molecule has 1 fully saturated rings. The summed E-state index contributed by atoms with van der Waals surface area (Å²) in [6.07, 6.45) is 2.96. The largest absolute Gasteiger partial charge is 0.474 e. The number of carboxylic acid groups (broad SMARTS) is 1. The van der Waals surface area contributed by atoms with Crippen molar-refractivity contribution in [2.45, 2.75) is 19.3 Å². The lowest BCUT2D eigenvalue weighted by Gasteiger charge is -2.24. The predicted molar refractivity (Wildman–Crippen MR) is 38.1 cm³/mol. The van der Waals surface area contributed by atoms with Crippen LogP contribution in [0.15, 0.2) is 0 Å². The van der Waals surface area contributed by atoms with Crippen LogP contribution in [0.4, 0.5) is 0 Å². The van der Waals surface area contributed by atoms with E-state index in [0.717, 1.165) is 19.3 Å². The van der Waals surface area contributed by atoms with Gasteiger partial charge in [-0.15, -0.1) is 0 Å². The van der Waals surface area contributed by atoms with Crippen LogP contribution in [0.3, 0.4) is 0 Å². The fourth-order valence-corrected chi connectivity index (χ4v) is 1.23. The lowest BCUT2D eigenvalue weighted by atomic mass is 10.1. The zero-order valence-electron chi connectivity index (χ0n) is 6.25. The Balaban J connectivity index is 2.45. The molecule has 0 aromatic rings. The van der Waals surface area contributed by atoms with Gasteiger partial charge < -0.3 is 10.0 Å². The van der Waals surface area contributed by atoms with Gasteiger partial charge in [0.25, 0.3) is 0 Å². The zero-order chi connectivity index (χ0) is 8.27. The average molecular weight is 157 g/mol. The highest BCUT2D eigenvalue weighted by molar-refractivity contribution is 6.31. The normalized spacial score (nSPS) is 18.0. The van der Waals surface area contributed by atoms with Crippen molar-refractivity contribution in [2.24, 2.45) is 0 Å². The molecule has 0 saturated carbocycles. The molecular formula is C7H11NO3. The van der Waals surface area contributed by atoms with Gasteiger partial charge in [-0.3, -0.25) is 4.79 Å². The summed E-state index contributed by atoms with van der Waals surface area (Å²) in [5.74, 6) is -2.10. The molecule has 0 aromatic carbocycles. The van der Waals surface area contributed by atoms with Crippen LogP contribution in [0.25, 0.3) is 0 Å². The van der Waals surface area contributed by atoms with E-state index in [2.05, 4.69) is 0 Å². The third-order valence-electron chi connectivity index (χ3n) is 1.83. The number of rotatable bonds is 0. The molecule has 0 bridgehead atoms. The van der Waals surface area contributed by atoms with E-state index < -0.39 is 11.9 Å². The maximum absolute atomic E-state index is 10.8. The Morgan fingerprint density at radius 3 is 2.09 bits per heavy atom. The van der Waals surface area contributed by atoms with Crippen LogP contribution in [0.2, 0.25) is 0 Å². The van der Waals surface area contributed by atoms with Gasteiger partial charge in [-0.05, 0) is 19.3 Å². The summed E-state index contributed by atoms with van der Waals surface area (Å²) in [6, 6.07) is 0. The number of hydrogen-bond donors (Lipinski definition) is 1. The second kappa shape index (κ2) is 3.37. The van der Waals surface area contributed by atoms with Crippen LogP contribution in [-0.2, 0) is 9.59 Å². The van der Waals surface area contributed by atoms with Crippen molar-refractivity contribution in [3.05, 3.63) is 0 Å². The van der Waals surface area contributed by atoms with Gasteiger partial charge in [0.05, 0.1) is 0 Å². The third-order valence-corrected chi connectivity index (χ3v) is 1.83. The Hall–Kier alpha value is -1.06. The van der Waals surface area contributed by atoms with Gasteiger partial charge in [-0.1, -0.05) is 0 Å². The van der Waals surface area contributed by atoms with E-state index in [1.807, 2.05) is 0 Å². The summed E-state index contributed by atoms with van der Waals surface area (Å²) in [7, 11) is 0.